The third-order valence-electron chi connectivity index (χ3n) is 5.09. The minimum Gasteiger partial charge on any atom is -0.497 e. The lowest BCUT2D eigenvalue weighted by Gasteiger charge is -2.09. The van der Waals surface area contributed by atoms with Crippen LogP contribution in [0.15, 0.2) is 83.9 Å². The average molecular weight is 525 g/mol. The molecule has 11 heteroatoms. The Morgan fingerprint density at radius 3 is 2.39 bits per heavy atom. The van der Waals surface area contributed by atoms with Crippen LogP contribution in [0.1, 0.15) is 5.56 Å². The lowest BCUT2D eigenvalue weighted by atomic mass is 10.1. The highest BCUT2D eigenvalue weighted by Crippen LogP contribution is 2.29. The van der Waals surface area contributed by atoms with E-state index in [1.165, 1.54) is 12.1 Å². The van der Waals surface area contributed by atoms with Crippen LogP contribution in [0.5, 0.6) is 5.75 Å². The number of aromatic nitrogens is 2. The van der Waals surface area contributed by atoms with Gasteiger partial charge in [0, 0.05) is 34.8 Å². The lowest BCUT2D eigenvalue weighted by molar-refractivity contribution is -0.384. The predicted octanol–water partition coefficient (Wildman–Crippen LogP) is 5.54. The van der Waals surface area contributed by atoms with E-state index in [1.54, 1.807) is 31.4 Å². The Morgan fingerprint density at radius 2 is 1.72 bits per heavy atom. The maximum Gasteiger partial charge on any atom is 0.270 e. The molecule has 4 rings (SSSR count). The predicted molar refractivity (Wildman–Crippen MR) is 143 cm³/mol. The van der Waals surface area contributed by atoms with Crippen molar-refractivity contribution < 1.29 is 9.66 Å². The van der Waals surface area contributed by atoms with Crippen molar-refractivity contribution in [1.29, 1.82) is 0 Å². The van der Waals surface area contributed by atoms with Crippen LogP contribution in [-0.2, 0) is 6.54 Å². The van der Waals surface area contributed by atoms with Crippen LogP contribution in [0, 0.1) is 10.1 Å². The van der Waals surface area contributed by atoms with Crippen LogP contribution < -0.4 is 15.8 Å². The summed E-state index contributed by atoms with van der Waals surface area (Å²) < 4.78 is 5.23. The molecule has 1 heterocycles. The summed E-state index contributed by atoms with van der Waals surface area (Å²) in [7, 11) is 1.59. The summed E-state index contributed by atoms with van der Waals surface area (Å²) in [5.41, 5.74) is 9.29. The number of non-ortho nitro benzene ring substituents is 1. The molecule has 0 atom stereocenters. The smallest absolute Gasteiger partial charge is 0.270 e. The number of rotatable bonds is 7. The van der Waals surface area contributed by atoms with Crippen LogP contribution in [-0.4, -0.2) is 28.0 Å². The van der Waals surface area contributed by atoms with Crippen molar-refractivity contribution in [2.45, 2.75) is 6.54 Å². The summed E-state index contributed by atoms with van der Waals surface area (Å²) >= 11 is 6.20. The van der Waals surface area contributed by atoms with Crippen LogP contribution in [0.3, 0.4) is 0 Å². The molecule has 0 fully saturated rings. The first kappa shape index (κ1) is 26.4. The van der Waals surface area contributed by atoms with Crippen LogP contribution in [0.2, 0.25) is 5.02 Å². The SMILES string of the molecule is COc1ccc(-c2cc(-c3cccc([N+](=O)[O-])c3)nc(N=C(N)NCc3ccccc3Cl)n2)cc1.Cl. The molecule has 0 aliphatic rings. The first-order valence-electron chi connectivity index (χ1n) is 10.5. The second kappa shape index (κ2) is 12.0. The van der Waals surface area contributed by atoms with Crippen molar-refractivity contribution in [1.82, 2.24) is 15.3 Å². The van der Waals surface area contributed by atoms with E-state index in [0.717, 1.165) is 11.1 Å². The standard InChI is InChI=1S/C25H21ClN6O3.ClH/c1-35-20-11-9-16(10-12-20)22-14-23(17-6-4-7-19(13-17)32(33)34)30-25(29-22)31-24(27)28-15-18-5-2-3-8-21(18)26;/h2-14H,15H2,1H3,(H3,27,28,29,30,31);1H. The summed E-state index contributed by atoms with van der Waals surface area (Å²) in [4.78, 5) is 24.2. The molecule has 0 aliphatic carbocycles. The zero-order valence-corrected chi connectivity index (χ0v) is 20.7. The molecule has 0 amide bonds. The van der Waals surface area contributed by atoms with Gasteiger partial charge in [-0.05, 0) is 42.0 Å². The first-order valence-corrected chi connectivity index (χ1v) is 10.9. The van der Waals surface area contributed by atoms with E-state index in [-0.39, 0.29) is 30.0 Å². The number of benzene rings is 3. The molecule has 0 aliphatic heterocycles. The second-order valence-corrected chi connectivity index (χ2v) is 7.82. The molecule has 184 valence electrons. The molecule has 4 aromatic rings. The maximum atomic E-state index is 11.3. The molecule has 0 unspecified atom stereocenters. The molecule has 36 heavy (non-hydrogen) atoms. The Kier molecular flexibility index (Phi) is 8.77. The van der Waals surface area contributed by atoms with Gasteiger partial charge in [-0.1, -0.05) is 41.9 Å². The van der Waals surface area contributed by atoms with E-state index >= 15 is 0 Å². The fraction of sp³-hybridized carbons (Fsp3) is 0.0800. The van der Waals surface area contributed by atoms with Crippen molar-refractivity contribution in [2.24, 2.45) is 10.7 Å². The number of nitrogens with zero attached hydrogens (tertiary/aromatic N) is 4. The summed E-state index contributed by atoms with van der Waals surface area (Å²) in [5.74, 6) is 0.902. The number of hydrogen-bond donors (Lipinski definition) is 2. The molecule has 0 bridgehead atoms. The molecule has 3 aromatic carbocycles. The fourth-order valence-electron chi connectivity index (χ4n) is 3.30. The summed E-state index contributed by atoms with van der Waals surface area (Å²) in [5, 5.41) is 14.9. The number of guanidine groups is 1. The van der Waals surface area contributed by atoms with Gasteiger partial charge in [-0.15, -0.1) is 12.4 Å². The Labute approximate surface area is 218 Å². The van der Waals surface area contributed by atoms with Crippen LogP contribution in [0.25, 0.3) is 22.5 Å². The number of aliphatic imine (C=N–C) groups is 1. The molecule has 0 radical (unpaired) electrons. The highest BCUT2D eigenvalue weighted by molar-refractivity contribution is 6.31. The van der Waals surface area contributed by atoms with Crippen LogP contribution in [0.4, 0.5) is 11.6 Å². The highest BCUT2D eigenvalue weighted by atomic mass is 35.5. The van der Waals surface area contributed by atoms with Gasteiger partial charge < -0.3 is 15.8 Å². The molecule has 0 saturated heterocycles. The number of methoxy groups -OCH3 is 1. The molecule has 3 N–H and O–H groups in total. The van der Waals surface area contributed by atoms with E-state index in [1.807, 2.05) is 42.5 Å². The number of halogens is 2. The van der Waals surface area contributed by atoms with Gasteiger partial charge in [0.1, 0.15) is 5.75 Å². The van der Waals surface area contributed by atoms with Crippen molar-refractivity contribution in [3.63, 3.8) is 0 Å². The minimum atomic E-state index is -0.454. The van der Waals surface area contributed by atoms with Gasteiger partial charge in [0.25, 0.3) is 11.6 Å². The third-order valence-corrected chi connectivity index (χ3v) is 5.46. The number of nitro groups is 1. The summed E-state index contributed by atoms with van der Waals surface area (Å²) in [6, 6.07) is 22.7. The van der Waals surface area contributed by atoms with E-state index < -0.39 is 4.92 Å². The quantitative estimate of drug-likeness (QED) is 0.140. The van der Waals surface area contributed by atoms with Gasteiger partial charge in [0.2, 0.25) is 0 Å². The Bertz CT molecular complexity index is 1400. The number of ether oxygens (including phenoxy) is 1. The zero-order chi connectivity index (χ0) is 24.8. The van der Waals surface area contributed by atoms with E-state index in [0.29, 0.717) is 34.3 Å². The molecular formula is C25H22Cl2N6O3. The number of nitro benzene ring substituents is 1. The Balaban J connectivity index is 0.00000361. The van der Waals surface area contributed by atoms with Gasteiger partial charge >= 0.3 is 0 Å². The van der Waals surface area contributed by atoms with E-state index in [9.17, 15) is 10.1 Å². The monoisotopic (exact) mass is 524 g/mol. The normalized spacial score (nSPS) is 10.9. The van der Waals surface area contributed by atoms with E-state index in [2.05, 4.69) is 20.3 Å². The number of hydrogen-bond acceptors (Lipinski definition) is 6. The van der Waals surface area contributed by atoms with Crippen molar-refractivity contribution >= 4 is 41.6 Å². The van der Waals surface area contributed by atoms with Gasteiger partial charge in [-0.25, -0.2) is 9.97 Å². The Morgan fingerprint density at radius 1 is 1.03 bits per heavy atom. The van der Waals surface area contributed by atoms with E-state index in [4.69, 9.17) is 22.1 Å². The van der Waals surface area contributed by atoms with Gasteiger partial charge in [-0.3, -0.25) is 10.1 Å². The highest BCUT2D eigenvalue weighted by Gasteiger charge is 2.13. The lowest BCUT2D eigenvalue weighted by Crippen LogP contribution is -2.30. The summed E-state index contributed by atoms with van der Waals surface area (Å²) in [6.07, 6.45) is 0. The second-order valence-electron chi connectivity index (χ2n) is 7.42. The van der Waals surface area contributed by atoms with Crippen LogP contribution >= 0.6 is 24.0 Å². The summed E-state index contributed by atoms with van der Waals surface area (Å²) in [6.45, 7) is 0.366. The molecule has 9 nitrogen and oxygen atoms in total. The van der Waals surface area contributed by atoms with Gasteiger partial charge in [0.15, 0.2) is 5.96 Å². The van der Waals surface area contributed by atoms with Crippen molar-refractivity contribution in [2.75, 3.05) is 7.11 Å². The molecule has 0 saturated carbocycles. The topological polar surface area (TPSA) is 129 Å². The molecule has 0 spiro atoms. The first-order chi connectivity index (χ1) is 16.9. The third kappa shape index (κ3) is 6.47. The maximum absolute atomic E-state index is 11.3. The zero-order valence-electron chi connectivity index (χ0n) is 19.1. The fourth-order valence-corrected chi connectivity index (χ4v) is 3.50. The number of nitrogens with two attached hydrogens (primary N) is 1. The molecular weight excluding hydrogens is 503 g/mol. The Hall–Kier alpha value is -4.21. The van der Waals surface area contributed by atoms with Crippen molar-refractivity contribution in [3.05, 3.63) is 99.6 Å². The van der Waals surface area contributed by atoms with Crippen molar-refractivity contribution in [3.8, 4) is 28.3 Å². The average Bonchev–Trinajstić information content (AvgIpc) is 2.88. The van der Waals surface area contributed by atoms with Gasteiger partial charge in [-0.2, -0.15) is 4.99 Å². The minimum absolute atomic E-state index is 0. The molecule has 1 aromatic heterocycles. The number of nitrogens with one attached hydrogen (secondary N) is 1. The van der Waals surface area contributed by atoms with Gasteiger partial charge in [0.05, 0.1) is 23.4 Å². The largest absolute Gasteiger partial charge is 0.497 e.